The maximum atomic E-state index is 3.95. The van der Waals surface area contributed by atoms with E-state index in [0.717, 1.165) is 17.8 Å². The van der Waals surface area contributed by atoms with Crippen LogP contribution in [-0.4, -0.2) is 10.2 Å². The zero-order valence-corrected chi connectivity index (χ0v) is 9.70. The molecule has 1 aromatic heterocycles. The smallest absolute Gasteiger partial charge is 0.0651 e. The molecule has 0 radical (unpaired) electrons. The summed E-state index contributed by atoms with van der Waals surface area (Å²) >= 11 is 0. The zero-order valence-electron chi connectivity index (χ0n) is 9.70. The van der Waals surface area contributed by atoms with Gasteiger partial charge in [0.25, 0.3) is 0 Å². The van der Waals surface area contributed by atoms with Gasteiger partial charge in [0.1, 0.15) is 0 Å². The fraction of sp³-hybridized carbons (Fsp3) is 0.308. The molecule has 0 aliphatic carbocycles. The van der Waals surface area contributed by atoms with Crippen LogP contribution in [0.4, 0.5) is 5.69 Å². The van der Waals surface area contributed by atoms with Crippen molar-refractivity contribution in [3.8, 4) is 0 Å². The Morgan fingerprint density at radius 1 is 1.25 bits per heavy atom. The molecular weight excluding hydrogens is 198 g/mol. The highest BCUT2D eigenvalue weighted by atomic mass is 15.1. The second-order valence-electron chi connectivity index (χ2n) is 3.93. The molecule has 0 spiro atoms. The molecule has 0 aliphatic heterocycles. The number of nitrogens with zero attached hydrogens (tertiary/aromatic N) is 1. The van der Waals surface area contributed by atoms with E-state index in [4.69, 9.17) is 0 Å². The average Bonchev–Trinajstić information content (AvgIpc) is 2.83. The van der Waals surface area contributed by atoms with Gasteiger partial charge in [-0.2, -0.15) is 5.10 Å². The largest absolute Gasteiger partial charge is 0.377 e. The third-order valence-electron chi connectivity index (χ3n) is 2.73. The Kier molecular flexibility index (Phi) is 3.25. The molecule has 16 heavy (non-hydrogen) atoms. The van der Waals surface area contributed by atoms with E-state index in [9.17, 15) is 0 Å². The Bertz CT molecular complexity index is 417. The number of hydrogen-bond acceptors (Lipinski definition) is 2. The van der Waals surface area contributed by atoms with E-state index in [1.807, 2.05) is 6.07 Å². The maximum absolute atomic E-state index is 3.95. The van der Waals surface area contributed by atoms with E-state index in [1.165, 1.54) is 5.56 Å². The normalized spacial score (nSPS) is 12.4. The second kappa shape index (κ2) is 4.84. The molecule has 2 N–H and O–H groups in total. The van der Waals surface area contributed by atoms with E-state index in [1.54, 1.807) is 6.20 Å². The van der Waals surface area contributed by atoms with Crippen LogP contribution in [-0.2, 0) is 6.42 Å². The van der Waals surface area contributed by atoms with Gasteiger partial charge in [-0.15, -0.1) is 0 Å². The van der Waals surface area contributed by atoms with E-state index < -0.39 is 0 Å². The van der Waals surface area contributed by atoms with Gasteiger partial charge in [0.2, 0.25) is 0 Å². The van der Waals surface area contributed by atoms with Gasteiger partial charge in [-0.3, -0.25) is 5.10 Å². The van der Waals surface area contributed by atoms with Gasteiger partial charge < -0.3 is 5.32 Å². The van der Waals surface area contributed by atoms with Crippen molar-refractivity contribution in [1.29, 1.82) is 0 Å². The van der Waals surface area contributed by atoms with Crippen LogP contribution >= 0.6 is 0 Å². The minimum Gasteiger partial charge on any atom is -0.377 e. The summed E-state index contributed by atoms with van der Waals surface area (Å²) in [6.45, 7) is 4.27. The zero-order chi connectivity index (χ0) is 11.4. The summed E-state index contributed by atoms with van der Waals surface area (Å²) in [6, 6.07) is 10.8. The molecule has 0 fully saturated rings. The number of aromatic amines is 1. The number of hydrogen-bond donors (Lipinski definition) is 2. The quantitative estimate of drug-likeness (QED) is 0.822. The lowest BCUT2D eigenvalue weighted by Gasteiger charge is -2.13. The molecule has 3 nitrogen and oxygen atoms in total. The van der Waals surface area contributed by atoms with Gasteiger partial charge in [-0.25, -0.2) is 0 Å². The van der Waals surface area contributed by atoms with Gasteiger partial charge in [0.05, 0.1) is 11.7 Å². The summed E-state index contributed by atoms with van der Waals surface area (Å²) in [6.07, 6.45) is 2.85. The molecule has 1 heterocycles. The Morgan fingerprint density at radius 2 is 2.00 bits per heavy atom. The van der Waals surface area contributed by atoms with Crippen LogP contribution in [0.1, 0.15) is 31.1 Å². The predicted molar refractivity (Wildman–Crippen MR) is 66.4 cm³/mol. The highest BCUT2D eigenvalue weighted by Crippen LogP contribution is 2.17. The number of aryl methyl sites for hydroxylation is 1. The standard InChI is InChI=1S/C13H17N3/c1-3-11-4-6-12(7-5-11)15-10(2)13-8-9-14-16-13/h4-10,15H,3H2,1-2H3,(H,14,16). The number of H-pyrrole nitrogens is 1. The van der Waals surface area contributed by atoms with Gasteiger partial charge in [0.15, 0.2) is 0 Å². The summed E-state index contributed by atoms with van der Waals surface area (Å²) in [5.74, 6) is 0. The minimum atomic E-state index is 0.245. The molecule has 0 bridgehead atoms. The highest BCUT2D eigenvalue weighted by Gasteiger charge is 2.05. The van der Waals surface area contributed by atoms with Crippen molar-refractivity contribution in [2.24, 2.45) is 0 Å². The molecule has 0 aliphatic rings. The lowest BCUT2D eigenvalue weighted by atomic mass is 10.1. The summed E-state index contributed by atoms with van der Waals surface area (Å²) in [4.78, 5) is 0. The Hall–Kier alpha value is -1.77. The molecule has 3 heteroatoms. The van der Waals surface area contributed by atoms with E-state index in [-0.39, 0.29) is 6.04 Å². The fourth-order valence-electron chi connectivity index (χ4n) is 1.67. The first-order valence-corrected chi connectivity index (χ1v) is 5.64. The molecule has 1 aromatic carbocycles. The molecule has 1 atom stereocenters. The number of anilines is 1. The average molecular weight is 215 g/mol. The second-order valence-corrected chi connectivity index (χ2v) is 3.93. The molecule has 1 unspecified atom stereocenters. The topological polar surface area (TPSA) is 40.7 Å². The number of nitrogens with one attached hydrogen (secondary N) is 2. The fourth-order valence-corrected chi connectivity index (χ4v) is 1.67. The molecule has 2 rings (SSSR count). The Morgan fingerprint density at radius 3 is 2.56 bits per heavy atom. The van der Waals surface area contributed by atoms with Gasteiger partial charge in [0, 0.05) is 11.9 Å². The third-order valence-corrected chi connectivity index (χ3v) is 2.73. The summed E-state index contributed by atoms with van der Waals surface area (Å²) in [5, 5.41) is 10.3. The summed E-state index contributed by atoms with van der Waals surface area (Å²) in [7, 11) is 0. The van der Waals surface area contributed by atoms with Gasteiger partial charge >= 0.3 is 0 Å². The van der Waals surface area contributed by atoms with Crippen molar-refractivity contribution < 1.29 is 0 Å². The molecule has 84 valence electrons. The maximum Gasteiger partial charge on any atom is 0.0651 e. The van der Waals surface area contributed by atoms with Crippen LogP contribution in [0.3, 0.4) is 0 Å². The number of aromatic nitrogens is 2. The number of rotatable bonds is 4. The minimum absolute atomic E-state index is 0.245. The number of benzene rings is 1. The molecule has 0 saturated heterocycles. The molecule has 2 aromatic rings. The van der Waals surface area contributed by atoms with Crippen molar-refractivity contribution in [2.75, 3.05) is 5.32 Å². The SMILES string of the molecule is CCc1ccc(NC(C)c2ccn[nH]2)cc1. The van der Waals surface area contributed by atoms with Crippen molar-refractivity contribution in [1.82, 2.24) is 10.2 Å². The van der Waals surface area contributed by atoms with Crippen molar-refractivity contribution in [2.45, 2.75) is 26.3 Å². The van der Waals surface area contributed by atoms with E-state index in [0.29, 0.717) is 0 Å². The van der Waals surface area contributed by atoms with Crippen molar-refractivity contribution in [3.63, 3.8) is 0 Å². The molecule has 0 saturated carbocycles. The van der Waals surface area contributed by atoms with E-state index in [2.05, 4.69) is 53.6 Å². The lowest BCUT2D eigenvalue weighted by Crippen LogP contribution is -2.06. The Balaban J connectivity index is 2.03. The van der Waals surface area contributed by atoms with Crippen LogP contribution in [0, 0.1) is 0 Å². The van der Waals surface area contributed by atoms with Crippen LogP contribution in [0.5, 0.6) is 0 Å². The van der Waals surface area contributed by atoms with Gasteiger partial charge in [-0.1, -0.05) is 19.1 Å². The van der Waals surface area contributed by atoms with Crippen LogP contribution < -0.4 is 5.32 Å². The monoisotopic (exact) mass is 215 g/mol. The first-order valence-electron chi connectivity index (χ1n) is 5.64. The summed E-state index contributed by atoms with van der Waals surface area (Å²) < 4.78 is 0. The predicted octanol–water partition coefficient (Wildman–Crippen LogP) is 3.15. The Labute approximate surface area is 95.9 Å². The van der Waals surface area contributed by atoms with Crippen LogP contribution in [0.15, 0.2) is 36.5 Å². The van der Waals surface area contributed by atoms with Gasteiger partial charge in [-0.05, 0) is 37.1 Å². The first-order chi connectivity index (χ1) is 7.79. The molecular formula is C13H17N3. The summed E-state index contributed by atoms with van der Waals surface area (Å²) in [5.41, 5.74) is 3.60. The van der Waals surface area contributed by atoms with Crippen molar-refractivity contribution >= 4 is 5.69 Å². The third kappa shape index (κ3) is 2.42. The van der Waals surface area contributed by atoms with Crippen LogP contribution in [0.2, 0.25) is 0 Å². The molecule has 0 amide bonds. The van der Waals surface area contributed by atoms with E-state index >= 15 is 0 Å². The first kappa shape index (κ1) is 10.7. The lowest BCUT2D eigenvalue weighted by molar-refractivity contribution is 0.825. The highest BCUT2D eigenvalue weighted by molar-refractivity contribution is 5.46. The van der Waals surface area contributed by atoms with Crippen LogP contribution in [0.25, 0.3) is 0 Å². The van der Waals surface area contributed by atoms with Crippen molar-refractivity contribution in [3.05, 3.63) is 47.8 Å².